The third-order valence-corrected chi connectivity index (χ3v) is 6.68. The average Bonchev–Trinajstić information content (AvgIpc) is 3.23. The quantitative estimate of drug-likeness (QED) is 0.485. The molecule has 2 aliphatic rings. The Labute approximate surface area is 183 Å². The molecule has 0 saturated heterocycles. The van der Waals surface area contributed by atoms with Crippen LogP contribution in [0, 0.1) is 12.8 Å². The van der Waals surface area contributed by atoms with Crippen LogP contribution in [0.2, 0.25) is 0 Å². The van der Waals surface area contributed by atoms with Gasteiger partial charge in [-0.25, -0.2) is 13.6 Å². The van der Waals surface area contributed by atoms with Gasteiger partial charge in [-0.3, -0.25) is 0 Å². The van der Waals surface area contributed by atoms with Gasteiger partial charge in [0.15, 0.2) is 11.5 Å². The maximum absolute atomic E-state index is 11.8. The van der Waals surface area contributed by atoms with Crippen LogP contribution in [0.3, 0.4) is 0 Å². The monoisotopic (exact) mass is 448 g/mol. The number of rotatable bonds is 4. The second-order valence-corrected chi connectivity index (χ2v) is 8.89. The molecule has 0 aromatic heterocycles. The molecule has 8 heteroatoms. The lowest BCUT2D eigenvalue weighted by Crippen LogP contribution is -2.30. The third-order valence-electron chi connectivity index (χ3n) is 5.77. The first kappa shape index (κ1) is 22.5. The van der Waals surface area contributed by atoms with Gasteiger partial charge in [-0.2, -0.15) is 12.6 Å². The van der Waals surface area contributed by atoms with Crippen molar-refractivity contribution in [3.63, 3.8) is 0 Å². The van der Waals surface area contributed by atoms with E-state index in [1.54, 1.807) is 38.7 Å². The fraction of sp³-hybridized carbons (Fsp3) is 0.364. The van der Waals surface area contributed by atoms with E-state index in [-0.39, 0.29) is 22.8 Å². The first-order valence-electron chi connectivity index (χ1n) is 9.60. The number of anilines is 1. The summed E-state index contributed by atoms with van der Waals surface area (Å²) in [5, 5.41) is 8.95. The molecule has 1 heterocycles. The summed E-state index contributed by atoms with van der Waals surface area (Å²) in [6, 6.07) is 9.16. The second kappa shape index (κ2) is 8.91. The lowest BCUT2D eigenvalue weighted by atomic mass is 9.76. The number of fused-ring (bicyclic) bond motifs is 3. The highest BCUT2D eigenvalue weighted by atomic mass is 32.2. The van der Waals surface area contributed by atoms with Gasteiger partial charge in [-0.05, 0) is 72.5 Å². The summed E-state index contributed by atoms with van der Waals surface area (Å²) in [5.41, 5.74) is 4.17. The fourth-order valence-electron chi connectivity index (χ4n) is 4.39. The van der Waals surface area contributed by atoms with Crippen LogP contribution in [0.25, 0.3) is 0 Å². The van der Waals surface area contributed by atoms with Crippen LogP contribution >= 0.6 is 12.6 Å². The number of nitrogens with two attached hydrogens (primary N) is 1. The van der Waals surface area contributed by atoms with E-state index in [1.807, 2.05) is 12.1 Å². The van der Waals surface area contributed by atoms with Crippen molar-refractivity contribution in [1.29, 1.82) is 0 Å². The number of nitrogens with one attached hydrogen (secondary N) is 1. The number of aryl methyl sites for hydroxylation is 1. The number of sulfonamides is 1. The van der Waals surface area contributed by atoms with Crippen molar-refractivity contribution in [1.82, 2.24) is 0 Å². The smallest absolute Gasteiger partial charge is 0.238 e. The highest BCUT2D eigenvalue weighted by Crippen LogP contribution is 2.51. The Morgan fingerprint density at radius 2 is 1.73 bits per heavy atom. The summed E-state index contributed by atoms with van der Waals surface area (Å²) < 4.78 is 34.5. The van der Waals surface area contributed by atoms with Crippen molar-refractivity contribution in [2.45, 2.75) is 30.2 Å². The van der Waals surface area contributed by atoms with E-state index in [2.05, 4.69) is 37.0 Å². The van der Waals surface area contributed by atoms with Crippen LogP contribution < -0.4 is 19.9 Å². The van der Waals surface area contributed by atoms with Crippen LogP contribution in [0.15, 0.2) is 47.4 Å². The van der Waals surface area contributed by atoms with E-state index in [0.717, 1.165) is 28.8 Å². The topological polar surface area (TPSA) is 90.6 Å². The number of hydrogen-bond acceptors (Lipinski definition) is 6. The summed E-state index contributed by atoms with van der Waals surface area (Å²) in [6.45, 7) is 2.07. The second-order valence-electron chi connectivity index (χ2n) is 7.33. The zero-order valence-corrected chi connectivity index (χ0v) is 19.3. The molecule has 6 nitrogen and oxygen atoms in total. The highest BCUT2D eigenvalue weighted by molar-refractivity contribution is 7.89. The molecule has 3 atom stereocenters. The van der Waals surface area contributed by atoms with Crippen molar-refractivity contribution in [3.8, 4) is 11.5 Å². The maximum atomic E-state index is 11.8. The summed E-state index contributed by atoms with van der Waals surface area (Å²) in [6.07, 6.45) is 6.94. The molecule has 1 aliphatic carbocycles. The molecule has 4 rings (SSSR count). The van der Waals surface area contributed by atoms with Crippen molar-refractivity contribution >= 4 is 28.3 Å². The molecule has 2 aromatic carbocycles. The number of hydrogen-bond donors (Lipinski definition) is 3. The number of methoxy groups -OCH3 is 2. The van der Waals surface area contributed by atoms with Gasteiger partial charge in [0, 0.05) is 11.6 Å². The Morgan fingerprint density at radius 3 is 2.37 bits per heavy atom. The van der Waals surface area contributed by atoms with Gasteiger partial charge in [0.2, 0.25) is 10.0 Å². The molecule has 0 fully saturated rings. The lowest BCUT2D eigenvalue weighted by Gasteiger charge is -2.38. The number of thiol groups is 1. The minimum atomic E-state index is -3.74. The standard InChI is InChI=1S/C21H24N2O4S.CH4S/c1-12-9-19(26-2)20(27-3)11-16(12)21-15-6-4-5-14(15)17-10-13(28(22,24)25)7-8-18(17)23-21;1-2/h4-5,7-11,14-15,21,23H,6H2,1-3H3,(H2,22,24,25);2H,1H3. The minimum absolute atomic E-state index is 0.0765. The van der Waals surface area contributed by atoms with E-state index in [1.165, 1.54) is 0 Å². The Hall–Kier alpha value is -2.16. The number of primary sulfonamides is 1. The molecule has 0 amide bonds. The lowest BCUT2D eigenvalue weighted by molar-refractivity contribution is 0.352. The Kier molecular flexibility index (Phi) is 6.69. The van der Waals surface area contributed by atoms with E-state index >= 15 is 0 Å². The minimum Gasteiger partial charge on any atom is -0.493 e. The van der Waals surface area contributed by atoms with Crippen LogP contribution in [0.5, 0.6) is 11.5 Å². The maximum Gasteiger partial charge on any atom is 0.238 e. The summed E-state index contributed by atoms with van der Waals surface area (Å²) >= 11 is 3.53. The molecule has 3 N–H and O–H groups in total. The number of ether oxygens (including phenoxy) is 2. The van der Waals surface area contributed by atoms with Gasteiger partial charge in [0.05, 0.1) is 25.2 Å². The molecular formula is C22H28N2O4S2. The fourth-order valence-corrected chi connectivity index (χ4v) is 4.94. The predicted molar refractivity (Wildman–Crippen MR) is 123 cm³/mol. The van der Waals surface area contributed by atoms with Gasteiger partial charge in [-0.1, -0.05) is 12.2 Å². The summed E-state index contributed by atoms with van der Waals surface area (Å²) in [5.74, 6) is 1.82. The van der Waals surface area contributed by atoms with Crippen molar-refractivity contribution in [3.05, 3.63) is 59.2 Å². The van der Waals surface area contributed by atoms with Crippen LogP contribution in [0.1, 0.15) is 35.1 Å². The van der Waals surface area contributed by atoms with Gasteiger partial charge >= 0.3 is 0 Å². The summed E-state index contributed by atoms with van der Waals surface area (Å²) in [4.78, 5) is 0.146. The van der Waals surface area contributed by atoms with Crippen LogP contribution in [0.4, 0.5) is 5.69 Å². The molecule has 0 bridgehead atoms. The number of benzene rings is 2. The molecule has 1 aliphatic heterocycles. The SMILES string of the molecule is COc1cc(C)c(C2Nc3ccc(S(N)(=O)=O)cc3C3C=CCC32)cc1OC.CS. The Bertz CT molecular complexity index is 1070. The predicted octanol–water partition coefficient (Wildman–Crippen LogP) is 4.03. The third kappa shape index (κ3) is 4.04. The Balaban J connectivity index is 0.00000124. The van der Waals surface area contributed by atoms with Crippen LogP contribution in [-0.4, -0.2) is 28.9 Å². The number of allylic oxidation sites excluding steroid dienone is 2. The molecule has 0 saturated carbocycles. The first-order valence-corrected chi connectivity index (χ1v) is 12.0. The van der Waals surface area contributed by atoms with E-state index in [9.17, 15) is 8.42 Å². The molecule has 0 spiro atoms. The van der Waals surface area contributed by atoms with E-state index < -0.39 is 10.0 Å². The van der Waals surface area contributed by atoms with Crippen LogP contribution in [-0.2, 0) is 10.0 Å². The van der Waals surface area contributed by atoms with Gasteiger partial charge in [0.1, 0.15) is 0 Å². The molecule has 3 unspecified atom stereocenters. The van der Waals surface area contributed by atoms with Crippen molar-refractivity contribution in [2.75, 3.05) is 25.8 Å². The molecule has 2 aromatic rings. The normalized spacial score (nSPS) is 21.6. The average molecular weight is 449 g/mol. The van der Waals surface area contributed by atoms with Gasteiger partial charge in [-0.15, -0.1) is 0 Å². The van der Waals surface area contributed by atoms with Gasteiger partial charge in [0.25, 0.3) is 0 Å². The molecule has 0 radical (unpaired) electrons. The van der Waals surface area contributed by atoms with E-state index in [4.69, 9.17) is 14.6 Å². The largest absolute Gasteiger partial charge is 0.493 e. The zero-order valence-electron chi connectivity index (χ0n) is 17.5. The van der Waals surface area contributed by atoms with E-state index in [0.29, 0.717) is 11.5 Å². The molecule has 30 heavy (non-hydrogen) atoms. The van der Waals surface area contributed by atoms with Crippen molar-refractivity contribution < 1.29 is 17.9 Å². The zero-order chi connectivity index (χ0) is 22.1. The highest BCUT2D eigenvalue weighted by Gasteiger charge is 2.39. The molecule has 162 valence electrons. The molecular weight excluding hydrogens is 420 g/mol. The summed E-state index contributed by atoms with van der Waals surface area (Å²) in [7, 11) is -0.471. The Morgan fingerprint density at radius 1 is 1.07 bits per heavy atom. The van der Waals surface area contributed by atoms with Gasteiger partial charge < -0.3 is 14.8 Å². The first-order chi connectivity index (χ1) is 14.3. The van der Waals surface area contributed by atoms with Crippen molar-refractivity contribution in [2.24, 2.45) is 11.1 Å².